The average Bonchev–Trinajstić information content (AvgIpc) is 3.10. The smallest absolute Gasteiger partial charge is 0.239 e. The molecule has 2 fully saturated rings. The first kappa shape index (κ1) is 11.8. The molecule has 1 aliphatic carbocycles. The van der Waals surface area contributed by atoms with E-state index < -0.39 is 0 Å². The van der Waals surface area contributed by atoms with Gasteiger partial charge in [0.1, 0.15) is 6.04 Å². The van der Waals surface area contributed by atoms with Crippen LogP contribution < -0.4 is 10.6 Å². The summed E-state index contributed by atoms with van der Waals surface area (Å²) in [7, 11) is 1.93. The third kappa shape index (κ3) is 3.17. The van der Waals surface area contributed by atoms with Crippen LogP contribution in [0.2, 0.25) is 0 Å². The first-order valence-corrected chi connectivity index (χ1v) is 6.08. The fourth-order valence-corrected chi connectivity index (χ4v) is 1.93. The van der Waals surface area contributed by atoms with Gasteiger partial charge in [-0.25, -0.2) is 0 Å². The molecule has 2 N–H and O–H groups in total. The minimum atomic E-state index is -0.0947. The summed E-state index contributed by atoms with van der Waals surface area (Å²) in [6.07, 6.45) is 2.27. The predicted molar refractivity (Wildman–Crippen MR) is 61.3 cm³/mol. The number of rotatable bonds is 5. The Bertz CT molecular complexity index is 243. The lowest BCUT2D eigenvalue weighted by Crippen LogP contribution is -2.55. The van der Waals surface area contributed by atoms with Crippen LogP contribution in [0.25, 0.3) is 0 Å². The van der Waals surface area contributed by atoms with Crippen molar-refractivity contribution < 1.29 is 9.53 Å². The normalized spacial score (nSPS) is 26.7. The van der Waals surface area contributed by atoms with Gasteiger partial charge < -0.3 is 15.4 Å². The Morgan fingerprint density at radius 3 is 3.00 bits per heavy atom. The molecule has 2 rings (SSSR count). The lowest BCUT2D eigenvalue weighted by atomic mass is 10.2. The van der Waals surface area contributed by atoms with Crippen molar-refractivity contribution in [1.29, 1.82) is 0 Å². The summed E-state index contributed by atoms with van der Waals surface area (Å²) in [6, 6.07) is 0.336. The topological polar surface area (TPSA) is 53.6 Å². The molecule has 0 bridgehead atoms. The highest BCUT2D eigenvalue weighted by molar-refractivity contribution is 5.82. The summed E-state index contributed by atoms with van der Waals surface area (Å²) in [5, 5.41) is 6.16. The maximum absolute atomic E-state index is 12.0. The van der Waals surface area contributed by atoms with E-state index in [4.69, 9.17) is 4.74 Å². The zero-order valence-corrected chi connectivity index (χ0v) is 9.87. The molecule has 0 aromatic carbocycles. The van der Waals surface area contributed by atoms with Crippen molar-refractivity contribution in [3.63, 3.8) is 0 Å². The molecule has 1 unspecified atom stereocenters. The summed E-state index contributed by atoms with van der Waals surface area (Å²) in [5.41, 5.74) is 0. The van der Waals surface area contributed by atoms with E-state index in [9.17, 15) is 4.79 Å². The molecule has 16 heavy (non-hydrogen) atoms. The first-order valence-electron chi connectivity index (χ1n) is 6.08. The van der Waals surface area contributed by atoms with Crippen LogP contribution in [0, 0.1) is 0 Å². The number of carbonyl (C=O) groups is 1. The second-order valence-electron chi connectivity index (χ2n) is 4.51. The van der Waals surface area contributed by atoms with E-state index in [-0.39, 0.29) is 11.9 Å². The minimum Gasteiger partial charge on any atom is -0.378 e. The zero-order valence-electron chi connectivity index (χ0n) is 9.87. The van der Waals surface area contributed by atoms with Crippen LogP contribution in [0.3, 0.4) is 0 Å². The second-order valence-corrected chi connectivity index (χ2v) is 4.51. The van der Waals surface area contributed by atoms with Gasteiger partial charge in [0.2, 0.25) is 5.91 Å². The van der Waals surface area contributed by atoms with Crippen LogP contribution in [0.15, 0.2) is 0 Å². The molecule has 1 amide bonds. The zero-order chi connectivity index (χ0) is 11.4. The van der Waals surface area contributed by atoms with Crippen molar-refractivity contribution in [3.8, 4) is 0 Å². The number of nitrogens with zero attached hydrogens (tertiary/aromatic N) is 1. The predicted octanol–water partition coefficient (Wildman–Crippen LogP) is -0.815. The Labute approximate surface area is 96.5 Å². The SMILES string of the molecule is CNCCN1CCOCC1C(=O)NC1CC1. The lowest BCUT2D eigenvalue weighted by molar-refractivity contribution is -0.132. The fraction of sp³-hybridized carbons (Fsp3) is 0.909. The fourth-order valence-electron chi connectivity index (χ4n) is 1.93. The highest BCUT2D eigenvalue weighted by atomic mass is 16.5. The van der Waals surface area contributed by atoms with Crippen LogP contribution in [0.5, 0.6) is 0 Å². The lowest BCUT2D eigenvalue weighted by Gasteiger charge is -2.34. The van der Waals surface area contributed by atoms with Crippen molar-refractivity contribution in [2.24, 2.45) is 0 Å². The quantitative estimate of drug-likeness (QED) is 0.645. The number of nitrogens with one attached hydrogen (secondary N) is 2. The molecule has 1 atom stereocenters. The largest absolute Gasteiger partial charge is 0.378 e. The number of carbonyl (C=O) groups excluding carboxylic acids is 1. The van der Waals surface area contributed by atoms with Crippen molar-refractivity contribution >= 4 is 5.91 Å². The molecule has 1 saturated carbocycles. The summed E-state index contributed by atoms with van der Waals surface area (Å²) < 4.78 is 5.39. The van der Waals surface area contributed by atoms with Gasteiger partial charge in [0.25, 0.3) is 0 Å². The molecule has 5 heteroatoms. The summed E-state index contributed by atoms with van der Waals surface area (Å²) >= 11 is 0. The van der Waals surface area contributed by atoms with Crippen molar-refractivity contribution in [2.45, 2.75) is 24.9 Å². The van der Waals surface area contributed by atoms with Crippen LogP contribution >= 0.6 is 0 Å². The summed E-state index contributed by atoms with van der Waals surface area (Å²) in [6.45, 7) is 3.93. The molecule has 1 heterocycles. The highest BCUT2D eigenvalue weighted by Crippen LogP contribution is 2.19. The Hall–Kier alpha value is -0.650. The van der Waals surface area contributed by atoms with Crippen LogP contribution in [-0.2, 0) is 9.53 Å². The molecule has 0 aromatic rings. The van der Waals surface area contributed by atoms with E-state index in [1.54, 1.807) is 0 Å². The van der Waals surface area contributed by atoms with Gasteiger partial charge >= 0.3 is 0 Å². The molecular formula is C11H21N3O2. The molecule has 1 aliphatic heterocycles. The summed E-state index contributed by atoms with van der Waals surface area (Å²) in [4.78, 5) is 14.2. The molecule has 0 spiro atoms. The van der Waals surface area contributed by atoms with Gasteiger partial charge in [-0.05, 0) is 19.9 Å². The van der Waals surface area contributed by atoms with Crippen LogP contribution in [0.4, 0.5) is 0 Å². The molecular weight excluding hydrogens is 206 g/mol. The van der Waals surface area contributed by atoms with E-state index in [2.05, 4.69) is 15.5 Å². The van der Waals surface area contributed by atoms with Gasteiger partial charge in [0, 0.05) is 25.7 Å². The maximum atomic E-state index is 12.0. The minimum absolute atomic E-state index is 0.0947. The van der Waals surface area contributed by atoms with Gasteiger partial charge in [-0.1, -0.05) is 0 Å². The molecule has 5 nitrogen and oxygen atoms in total. The van der Waals surface area contributed by atoms with E-state index in [0.29, 0.717) is 12.6 Å². The third-order valence-corrected chi connectivity index (χ3v) is 3.11. The number of morpholine rings is 1. The Kier molecular flexibility index (Phi) is 4.15. The van der Waals surface area contributed by atoms with Gasteiger partial charge in [-0.15, -0.1) is 0 Å². The molecule has 2 aliphatic rings. The molecule has 0 radical (unpaired) electrons. The molecule has 1 saturated heterocycles. The number of hydrogen-bond donors (Lipinski definition) is 2. The summed E-state index contributed by atoms with van der Waals surface area (Å²) in [5.74, 6) is 0.137. The van der Waals surface area contributed by atoms with Gasteiger partial charge in [-0.2, -0.15) is 0 Å². The van der Waals surface area contributed by atoms with Gasteiger partial charge in [-0.3, -0.25) is 9.69 Å². The van der Waals surface area contributed by atoms with Crippen molar-refractivity contribution in [1.82, 2.24) is 15.5 Å². The highest BCUT2D eigenvalue weighted by Gasteiger charge is 2.32. The number of hydrogen-bond acceptors (Lipinski definition) is 4. The van der Waals surface area contributed by atoms with Crippen molar-refractivity contribution in [2.75, 3.05) is 39.9 Å². The second kappa shape index (κ2) is 5.61. The first-order chi connectivity index (χ1) is 7.81. The Morgan fingerprint density at radius 2 is 2.31 bits per heavy atom. The molecule has 0 aromatic heterocycles. The van der Waals surface area contributed by atoms with Gasteiger partial charge in [0.05, 0.1) is 13.2 Å². The van der Waals surface area contributed by atoms with Crippen LogP contribution in [-0.4, -0.2) is 62.8 Å². The monoisotopic (exact) mass is 227 g/mol. The van der Waals surface area contributed by atoms with Crippen LogP contribution in [0.1, 0.15) is 12.8 Å². The maximum Gasteiger partial charge on any atom is 0.239 e. The number of likely N-dealkylation sites (N-methyl/N-ethyl adjacent to an activating group) is 1. The van der Waals surface area contributed by atoms with E-state index >= 15 is 0 Å². The van der Waals surface area contributed by atoms with E-state index in [1.165, 1.54) is 0 Å². The standard InChI is InChI=1S/C11H21N3O2/c1-12-4-5-14-6-7-16-8-10(14)11(15)13-9-2-3-9/h9-10,12H,2-8H2,1H3,(H,13,15). The Morgan fingerprint density at radius 1 is 1.50 bits per heavy atom. The third-order valence-electron chi connectivity index (χ3n) is 3.11. The van der Waals surface area contributed by atoms with E-state index in [1.807, 2.05) is 7.05 Å². The van der Waals surface area contributed by atoms with Gasteiger partial charge in [0.15, 0.2) is 0 Å². The number of ether oxygens (including phenoxy) is 1. The Balaban J connectivity index is 1.84. The van der Waals surface area contributed by atoms with E-state index in [0.717, 1.165) is 39.1 Å². The molecule has 92 valence electrons. The average molecular weight is 227 g/mol. The number of amides is 1. The van der Waals surface area contributed by atoms with Crippen molar-refractivity contribution in [3.05, 3.63) is 0 Å².